The Hall–Kier alpha value is -5.31. The van der Waals surface area contributed by atoms with Crippen LogP contribution in [-0.2, 0) is 6.42 Å². The topological polar surface area (TPSA) is 126 Å². The fourth-order valence-electron chi connectivity index (χ4n) is 5.54. The van der Waals surface area contributed by atoms with Crippen LogP contribution in [0.25, 0.3) is 5.65 Å². The average molecular weight is 546 g/mol. The van der Waals surface area contributed by atoms with Gasteiger partial charge in [-0.1, -0.05) is 66.7 Å². The minimum atomic E-state index is -0.969. The molecule has 0 bridgehead atoms. The van der Waals surface area contributed by atoms with E-state index in [0.717, 1.165) is 27.8 Å². The summed E-state index contributed by atoms with van der Waals surface area (Å²) in [4.78, 5) is 43.2. The summed E-state index contributed by atoms with van der Waals surface area (Å²) in [5.41, 5.74) is 5.29. The molecule has 41 heavy (non-hydrogen) atoms. The second-order valence-electron chi connectivity index (χ2n) is 10.0. The number of aromatic carboxylic acids is 1. The first-order valence-corrected chi connectivity index (χ1v) is 13.3. The number of aromatic nitrogens is 3. The molecule has 0 spiro atoms. The van der Waals surface area contributed by atoms with Crippen molar-refractivity contribution in [3.8, 4) is 0 Å². The van der Waals surface area contributed by atoms with Gasteiger partial charge in [-0.15, -0.1) is 0 Å². The number of carbonyl (C=O) groups is 3. The van der Waals surface area contributed by atoms with Crippen LogP contribution in [0.5, 0.6) is 0 Å². The van der Waals surface area contributed by atoms with Gasteiger partial charge in [-0.2, -0.15) is 5.10 Å². The molecule has 204 valence electrons. The fourth-order valence-corrected chi connectivity index (χ4v) is 5.54. The normalized spacial score (nSPS) is 14.1. The van der Waals surface area contributed by atoms with Gasteiger partial charge in [0.2, 0.25) is 0 Å². The van der Waals surface area contributed by atoms with Crippen molar-refractivity contribution in [3.05, 3.63) is 136 Å². The van der Waals surface area contributed by atoms with Crippen molar-refractivity contribution in [2.24, 2.45) is 0 Å². The van der Waals surface area contributed by atoms with Crippen LogP contribution in [0, 0.1) is 6.92 Å². The van der Waals surface area contributed by atoms with E-state index in [2.05, 4.69) is 20.7 Å². The van der Waals surface area contributed by atoms with Gasteiger partial charge in [-0.25, -0.2) is 14.3 Å². The Balaban J connectivity index is 1.30. The molecule has 0 saturated carbocycles. The monoisotopic (exact) mass is 545 g/mol. The van der Waals surface area contributed by atoms with Crippen LogP contribution in [0.15, 0.2) is 91.1 Å². The third-order valence-electron chi connectivity index (χ3n) is 7.59. The minimum Gasteiger partial charge on any atom is -0.478 e. The Kier molecular flexibility index (Phi) is 6.76. The Labute approximate surface area is 235 Å². The number of amides is 2. The summed E-state index contributed by atoms with van der Waals surface area (Å²) < 4.78 is 1.41. The Morgan fingerprint density at radius 2 is 1.61 bits per heavy atom. The van der Waals surface area contributed by atoms with E-state index in [4.69, 9.17) is 0 Å². The van der Waals surface area contributed by atoms with Gasteiger partial charge in [-0.3, -0.25) is 9.59 Å². The maximum atomic E-state index is 13.6. The van der Waals surface area contributed by atoms with Gasteiger partial charge in [0.25, 0.3) is 11.8 Å². The van der Waals surface area contributed by atoms with Crippen LogP contribution in [0.3, 0.4) is 0 Å². The van der Waals surface area contributed by atoms with E-state index in [1.807, 2.05) is 60.7 Å². The molecule has 2 aromatic heterocycles. The smallest absolute Gasteiger partial charge is 0.335 e. The molecule has 0 unspecified atom stereocenters. The molecule has 1 atom stereocenters. The van der Waals surface area contributed by atoms with E-state index < -0.39 is 23.8 Å². The molecule has 1 aliphatic carbocycles. The van der Waals surface area contributed by atoms with Gasteiger partial charge in [0.15, 0.2) is 5.65 Å². The summed E-state index contributed by atoms with van der Waals surface area (Å²) in [5.74, 6) is -1.80. The van der Waals surface area contributed by atoms with E-state index in [9.17, 15) is 19.5 Å². The molecule has 6 rings (SSSR count). The first kappa shape index (κ1) is 25.9. The first-order valence-electron chi connectivity index (χ1n) is 13.3. The lowest BCUT2D eigenvalue weighted by atomic mass is 9.98. The molecule has 9 nitrogen and oxygen atoms in total. The molecule has 0 radical (unpaired) electrons. The first-order chi connectivity index (χ1) is 19.9. The largest absolute Gasteiger partial charge is 0.478 e. The summed E-state index contributed by atoms with van der Waals surface area (Å²) in [6.45, 7) is 1.80. The van der Waals surface area contributed by atoms with Crippen LogP contribution in [0.2, 0.25) is 0 Å². The van der Waals surface area contributed by atoms with Gasteiger partial charge >= 0.3 is 5.97 Å². The second-order valence-corrected chi connectivity index (χ2v) is 10.0. The predicted octanol–water partition coefficient (Wildman–Crippen LogP) is 4.67. The van der Waals surface area contributed by atoms with Gasteiger partial charge in [-0.05, 0) is 53.6 Å². The van der Waals surface area contributed by atoms with Gasteiger partial charge in [0.05, 0.1) is 23.8 Å². The molecule has 3 N–H and O–H groups in total. The number of hydrogen-bond acceptors (Lipinski definition) is 5. The zero-order valence-corrected chi connectivity index (χ0v) is 22.2. The van der Waals surface area contributed by atoms with E-state index in [1.165, 1.54) is 16.8 Å². The lowest BCUT2D eigenvalue weighted by molar-refractivity contribution is 0.0695. The number of nitrogens with zero attached hydrogens (tertiary/aromatic N) is 3. The van der Waals surface area contributed by atoms with Crippen LogP contribution in [0.1, 0.15) is 77.7 Å². The number of benzene rings is 3. The minimum absolute atomic E-state index is 0.0915. The van der Waals surface area contributed by atoms with Gasteiger partial charge < -0.3 is 15.7 Å². The maximum Gasteiger partial charge on any atom is 0.335 e. The van der Waals surface area contributed by atoms with Gasteiger partial charge in [0.1, 0.15) is 11.4 Å². The lowest BCUT2D eigenvalue weighted by Gasteiger charge is -2.20. The molecule has 0 saturated heterocycles. The molecular formula is C32H27N5O4. The summed E-state index contributed by atoms with van der Waals surface area (Å²) in [7, 11) is 0. The number of fused-ring (bicyclic) bond motifs is 2. The highest BCUT2D eigenvalue weighted by Crippen LogP contribution is 2.35. The fraction of sp³-hybridized carbons (Fsp3) is 0.156. The standard InChI is InChI=1S/C32H27N5O4/c1-19-22-14-15-25(24(22)13-12-23(19)32(40)41)35-31(39)27-18-26(34-28-16-17-33-37(27)28)30(38)36-29(20-8-4-2-5-9-20)21-10-6-3-7-11-21/h2-13,16-18,25,29H,14-15H2,1H3,(H,35,39)(H,36,38)(H,40,41)/t25-/m0/s1. The molecule has 3 aromatic carbocycles. The van der Waals surface area contributed by atoms with Crippen molar-refractivity contribution >= 4 is 23.4 Å². The summed E-state index contributed by atoms with van der Waals surface area (Å²) in [6.07, 6.45) is 2.83. The van der Waals surface area contributed by atoms with Gasteiger partial charge in [0, 0.05) is 12.1 Å². The van der Waals surface area contributed by atoms with Crippen molar-refractivity contribution in [3.63, 3.8) is 0 Å². The zero-order chi connectivity index (χ0) is 28.5. The van der Waals surface area contributed by atoms with Crippen molar-refractivity contribution in [1.29, 1.82) is 0 Å². The lowest BCUT2D eigenvalue weighted by Crippen LogP contribution is -2.32. The highest BCUT2D eigenvalue weighted by molar-refractivity contribution is 5.98. The van der Waals surface area contributed by atoms with E-state index in [1.54, 1.807) is 25.1 Å². The molecule has 0 aliphatic heterocycles. The third-order valence-corrected chi connectivity index (χ3v) is 7.59. The average Bonchev–Trinajstić information content (AvgIpc) is 3.64. The third kappa shape index (κ3) is 4.93. The number of carboxylic acid groups (broad SMARTS) is 1. The number of rotatable bonds is 7. The Morgan fingerprint density at radius 1 is 0.927 bits per heavy atom. The highest BCUT2D eigenvalue weighted by Gasteiger charge is 2.29. The number of carboxylic acids is 1. The van der Waals surface area contributed by atoms with Crippen molar-refractivity contribution in [2.45, 2.75) is 31.8 Å². The highest BCUT2D eigenvalue weighted by atomic mass is 16.4. The number of carbonyl (C=O) groups excluding carboxylic acids is 2. The summed E-state index contributed by atoms with van der Waals surface area (Å²) >= 11 is 0. The molecule has 2 heterocycles. The Bertz CT molecular complexity index is 1740. The predicted molar refractivity (Wildman–Crippen MR) is 152 cm³/mol. The van der Waals surface area contributed by atoms with E-state index in [0.29, 0.717) is 18.5 Å². The van der Waals surface area contributed by atoms with Crippen LogP contribution < -0.4 is 10.6 Å². The van der Waals surface area contributed by atoms with E-state index in [-0.39, 0.29) is 23.0 Å². The molecule has 9 heteroatoms. The quantitative estimate of drug-likeness (QED) is 0.273. The number of nitrogens with one attached hydrogen (secondary N) is 2. The summed E-state index contributed by atoms with van der Waals surface area (Å²) in [6, 6.07) is 25.0. The zero-order valence-electron chi connectivity index (χ0n) is 22.2. The van der Waals surface area contributed by atoms with E-state index >= 15 is 0 Å². The van der Waals surface area contributed by atoms with Crippen LogP contribution >= 0.6 is 0 Å². The molecule has 0 fully saturated rings. The van der Waals surface area contributed by atoms with Crippen LogP contribution in [-0.4, -0.2) is 37.5 Å². The number of hydrogen-bond donors (Lipinski definition) is 3. The molecule has 1 aliphatic rings. The van der Waals surface area contributed by atoms with Crippen molar-refractivity contribution in [2.75, 3.05) is 0 Å². The summed E-state index contributed by atoms with van der Waals surface area (Å²) in [5, 5.41) is 19.9. The van der Waals surface area contributed by atoms with Crippen molar-refractivity contribution in [1.82, 2.24) is 25.2 Å². The molecule has 2 amide bonds. The second kappa shape index (κ2) is 10.7. The maximum absolute atomic E-state index is 13.6. The SMILES string of the molecule is Cc1c(C(=O)O)ccc2c1CC[C@@H]2NC(=O)c1cc(C(=O)NC(c2ccccc2)c2ccccc2)nc2ccnn12. The Morgan fingerprint density at radius 3 is 2.27 bits per heavy atom. The van der Waals surface area contributed by atoms with Crippen LogP contribution in [0.4, 0.5) is 0 Å². The molecular weight excluding hydrogens is 518 g/mol. The molecule has 5 aromatic rings. The van der Waals surface area contributed by atoms with Crippen molar-refractivity contribution < 1.29 is 19.5 Å².